The number of hydrogen-bond donors (Lipinski definition) is 1. The number of ether oxygens (including phenoxy) is 1. The Morgan fingerprint density at radius 1 is 1.20 bits per heavy atom. The van der Waals surface area contributed by atoms with Crippen molar-refractivity contribution in [3.8, 4) is 11.5 Å². The molecule has 0 amide bonds. The van der Waals surface area contributed by atoms with Crippen molar-refractivity contribution in [1.82, 2.24) is 0 Å². The molecule has 1 N–H and O–H groups in total. The minimum absolute atomic E-state index is 0.0637. The van der Waals surface area contributed by atoms with Crippen LogP contribution >= 0.6 is 0 Å². The molecule has 0 aliphatic rings. The molecule has 8 heteroatoms. The summed E-state index contributed by atoms with van der Waals surface area (Å²) in [7, 11) is 1.21. The molecule has 1 aromatic rings. The van der Waals surface area contributed by atoms with Crippen molar-refractivity contribution in [3.05, 3.63) is 32.4 Å². The summed E-state index contributed by atoms with van der Waals surface area (Å²) in [6.07, 6.45) is 0. The molecule has 0 bridgehead atoms. The largest absolute Gasteiger partial charge is 0.497 e. The molecule has 1 rings (SSSR count). The molecule has 0 saturated heterocycles. The fourth-order valence-electron chi connectivity index (χ4n) is 0.975. The van der Waals surface area contributed by atoms with Crippen LogP contribution in [-0.4, -0.2) is 22.1 Å². The van der Waals surface area contributed by atoms with Crippen molar-refractivity contribution in [2.24, 2.45) is 0 Å². The lowest BCUT2D eigenvalue weighted by Gasteiger charge is -2.01. The van der Waals surface area contributed by atoms with Gasteiger partial charge in [-0.1, -0.05) is 0 Å². The van der Waals surface area contributed by atoms with Crippen LogP contribution in [0.5, 0.6) is 11.5 Å². The smallest absolute Gasteiger partial charge is 0.321 e. The first-order valence-corrected chi connectivity index (χ1v) is 3.67. The summed E-state index contributed by atoms with van der Waals surface area (Å²) in [6, 6.07) is 1.81. The normalized spacial score (nSPS) is 9.67. The molecule has 0 aliphatic heterocycles. The van der Waals surface area contributed by atoms with Crippen molar-refractivity contribution in [2.75, 3.05) is 7.11 Å². The Hall–Kier alpha value is -2.38. The number of methoxy groups -OCH3 is 1. The van der Waals surface area contributed by atoms with Crippen molar-refractivity contribution < 1.29 is 19.7 Å². The third kappa shape index (κ3) is 1.93. The standard InChI is InChI=1S/C7H6N2O6/c1-15-4-2-5(8(11)12)7(10)6(3-4)9(13)14/h2-3,10H,1H3. The first-order valence-electron chi connectivity index (χ1n) is 3.67. The number of phenols is 1. The van der Waals surface area contributed by atoms with Crippen LogP contribution in [-0.2, 0) is 0 Å². The van der Waals surface area contributed by atoms with E-state index >= 15 is 0 Å². The van der Waals surface area contributed by atoms with Crippen LogP contribution in [0.15, 0.2) is 12.1 Å². The van der Waals surface area contributed by atoms with Crippen LogP contribution in [0.25, 0.3) is 0 Å². The number of nitrogens with zero attached hydrogens (tertiary/aromatic N) is 2. The van der Waals surface area contributed by atoms with Gasteiger partial charge in [-0.2, -0.15) is 0 Å². The van der Waals surface area contributed by atoms with Crippen LogP contribution < -0.4 is 4.74 Å². The van der Waals surface area contributed by atoms with Gasteiger partial charge in [-0.05, 0) is 0 Å². The third-order valence-corrected chi connectivity index (χ3v) is 1.67. The highest BCUT2D eigenvalue weighted by atomic mass is 16.6. The molecule has 0 aliphatic carbocycles. The van der Waals surface area contributed by atoms with Crippen LogP contribution in [0.3, 0.4) is 0 Å². The predicted molar refractivity (Wildman–Crippen MR) is 48.0 cm³/mol. The Kier molecular flexibility index (Phi) is 2.70. The second kappa shape index (κ2) is 3.78. The fourth-order valence-corrected chi connectivity index (χ4v) is 0.975. The maximum Gasteiger partial charge on any atom is 0.321 e. The summed E-state index contributed by atoms with van der Waals surface area (Å²) in [5, 5.41) is 30.1. The number of nitro benzene ring substituents is 2. The van der Waals surface area contributed by atoms with Gasteiger partial charge >= 0.3 is 11.4 Å². The lowest BCUT2D eigenvalue weighted by atomic mass is 10.2. The number of hydrogen-bond acceptors (Lipinski definition) is 6. The van der Waals surface area contributed by atoms with Gasteiger partial charge in [0.05, 0.1) is 29.1 Å². The van der Waals surface area contributed by atoms with E-state index < -0.39 is 27.0 Å². The van der Waals surface area contributed by atoms with E-state index in [0.717, 1.165) is 12.1 Å². The molecule has 0 radical (unpaired) electrons. The molecule has 0 heterocycles. The van der Waals surface area contributed by atoms with Gasteiger partial charge < -0.3 is 9.84 Å². The fraction of sp³-hybridized carbons (Fsp3) is 0.143. The van der Waals surface area contributed by atoms with Gasteiger partial charge in [0.25, 0.3) is 5.75 Å². The maximum absolute atomic E-state index is 10.4. The van der Waals surface area contributed by atoms with Gasteiger partial charge in [0.1, 0.15) is 5.75 Å². The molecular weight excluding hydrogens is 208 g/mol. The topological polar surface area (TPSA) is 116 Å². The zero-order valence-electron chi connectivity index (χ0n) is 7.54. The van der Waals surface area contributed by atoms with E-state index in [4.69, 9.17) is 0 Å². The number of aromatic hydroxyl groups is 1. The zero-order valence-corrected chi connectivity index (χ0v) is 7.54. The van der Waals surface area contributed by atoms with Gasteiger partial charge in [-0.15, -0.1) is 0 Å². The van der Waals surface area contributed by atoms with Crippen LogP contribution in [0.4, 0.5) is 11.4 Å². The first kappa shape index (κ1) is 10.7. The molecule has 0 saturated carbocycles. The number of benzene rings is 1. The predicted octanol–water partition coefficient (Wildman–Crippen LogP) is 1.22. The molecule has 80 valence electrons. The molecule has 1 aromatic carbocycles. The number of rotatable bonds is 3. The summed E-state index contributed by atoms with van der Waals surface area (Å²) < 4.78 is 4.63. The molecule has 8 nitrogen and oxygen atoms in total. The van der Waals surface area contributed by atoms with Crippen LogP contribution in [0.1, 0.15) is 0 Å². The highest BCUT2D eigenvalue weighted by molar-refractivity contribution is 5.62. The van der Waals surface area contributed by atoms with Gasteiger partial charge in [0.15, 0.2) is 0 Å². The summed E-state index contributed by atoms with van der Waals surface area (Å²) in [6.45, 7) is 0. The SMILES string of the molecule is COc1cc([N+](=O)[O-])c(O)c([N+](=O)[O-])c1. The zero-order chi connectivity index (χ0) is 11.6. The molecule has 0 atom stereocenters. The van der Waals surface area contributed by atoms with E-state index in [-0.39, 0.29) is 5.75 Å². The summed E-state index contributed by atoms with van der Waals surface area (Å²) in [4.78, 5) is 19.0. The van der Waals surface area contributed by atoms with Gasteiger partial charge in [-0.3, -0.25) is 20.2 Å². The van der Waals surface area contributed by atoms with Crippen molar-refractivity contribution in [3.63, 3.8) is 0 Å². The molecule has 0 spiro atoms. The molecule has 15 heavy (non-hydrogen) atoms. The Morgan fingerprint density at radius 2 is 1.60 bits per heavy atom. The van der Waals surface area contributed by atoms with E-state index in [1.54, 1.807) is 0 Å². The highest BCUT2D eigenvalue weighted by Gasteiger charge is 2.26. The molecule has 0 fully saturated rings. The average Bonchev–Trinajstić information content (AvgIpc) is 2.17. The van der Waals surface area contributed by atoms with E-state index in [9.17, 15) is 25.3 Å². The maximum atomic E-state index is 10.4. The molecule has 0 unspecified atom stereocenters. The average molecular weight is 214 g/mol. The second-order valence-corrected chi connectivity index (χ2v) is 2.53. The summed E-state index contributed by atoms with van der Waals surface area (Å²) >= 11 is 0. The first-order chi connectivity index (χ1) is 6.97. The quantitative estimate of drug-likeness (QED) is 0.597. The minimum Gasteiger partial charge on any atom is -0.497 e. The summed E-state index contributed by atoms with van der Waals surface area (Å²) in [5.74, 6) is -1.04. The summed E-state index contributed by atoms with van der Waals surface area (Å²) in [5.41, 5.74) is -1.53. The van der Waals surface area contributed by atoms with Crippen molar-refractivity contribution in [2.45, 2.75) is 0 Å². The lowest BCUT2D eigenvalue weighted by molar-refractivity contribution is -0.396. The van der Waals surface area contributed by atoms with Gasteiger partial charge in [0.2, 0.25) is 0 Å². The Morgan fingerprint density at radius 3 is 1.87 bits per heavy atom. The number of nitro groups is 2. The van der Waals surface area contributed by atoms with Gasteiger partial charge in [-0.25, -0.2) is 0 Å². The Balaban J connectivity index is 3.47. The monoisotopic (exact) mass is 214 g/mol. The van der Waals surface area contributed by atoms with Crippen molar-refractivity contribution >= 4 is 11.4 Å². The highest BCUT2D eigenvalue weighted by Crippen LogP contribution is 2.39. The number of phenolic OH excluding ortho intramolecular Hbond substituents is 1. The van der Waals surface area contributed by atoms with Crippen LogP contribution in [0.2, 0.25) is 0 Å². The van der Waals surface area contributed by atoms with E-state index in [0.29, 0.717) is 0 Å². The van der Waals surface area contributed by atoms with E-state index in [1.165, 1.54) is 7.11 Å². The molecule has 0 aromatic heterocycles. The van der Waals surface area contributed by atoms with Crippen molar-refractivity contribution in [1.29, 1.82) is 0 Å². The lowest BCUT2D eigenvalue weighted by Crippen LogP contribution is -1.95. The minimum atomic E-state index is -0.981. The van der Waals surface area contributed by atoms with Crippen LogP contribution in [0, 0.1) is 20.2 Å². The van der Waals surface area contributed by atoms with E-state index in [2.05, 4.69) is 4.74 Å². The Labute approximate surface area is 83.0 Å². The second-order valence-electron chi connectivity index (χ2n) is 2.53. The third-order valence-electron chi connectivity index (χ3n) is 1.67. The Bertz CT molecular complexity index is 394. The van der Waals surface area contributed by atoms with Gasteiger partial charge in [0, 0.05) is 0 Å². The van der Waals surface area contributed by atoms with E-state index in [1.807, 2.05) is 0 Å². The molecular formula is C7H6N2O6.